The van der Waals surface area contributed by atoms with Gasteiger partial charge in [0.25, 0.3) is 0 Å². The van der Waals surface area contributed by atoms with Gasteiger partial charge in [-0.05, 0) is 0 Å². The number of benzene rings is 3. The molecule has 0 amide bonds. The molecule has 0 spiro atoms. The quantitative estimate of drug-likeness (QED) is 0.0832. The molecule has 0 aliphatic rings. The van der Waals surface area contributed by atoms with Crippen LogP contribution in [0, 0.1) is 0 Å². The molecule has 239 valence electrons. The van der Waals surface area contributed by atoms with Crippen molar-refractivity contribution < 1.29 is 52.2 Å². The van der Waals surface area contributed by atoms with Gasteiger partial charge in [-0.25, -0.2) is 0 Å². The zero-order valence-corrected chi connectivity index (χ0v) is 30.9. The molecular weight excluding hydrogens is 797 g/mol. The summed E-state index contributed by atoms with van der Waals surface area (Å²) in [5, 5.41) is 0. The first kappa shape index (κ1) is 35.4. The van der Waals surface area contributed by atoms with Crippen LogP contribution in [0.2, 0.25) is 4.37 Å². The van der Waals surface area contributed by atoms with Crippen molar-refractivity contribution in [2.45, 2.75) is 9.78 Å². The Morgan fingerprint density at radius 3 is 1.02 bits per heavy atom. The number of carbonyl (C=O) groups excluding carboxylic acids is 1. The summed E-state index contributed by atoms with van der Waals surface area (Å²) < 4.78 is 59.3. The van der Waals surface area contributed by atoms with Gasteiger partial charge >= 0.3 is 279 Å². The van der Waals surface area contributed by atoms with Crippen molar-refractivity contribution in [3.63, 3.8) is 0 Å². The van der Waals surface area contributed by atoms with E-state index in [0.29, 0.717) is 72.8 Å². The van der Waals surface area contributed by atoms with Crippen molar-refractivity contribution in [2.75, 3.05) is 70.6 Å². The van der Waals surface area contributed by atoms with Crippen LogP contribution in [0.3, 0.4) is 0 Å². The maximum absolute atomic E-state index is 13.2. The summed E-state index contributed by atoms with van der Waals surface area (Å²) in [7, 11) is 13.8. The summed E-state index contributed by atoms with van der Waals surface area (Å²) in [6.45, 7) is -0.254. The van der Waals surface area contributed by atoms with Gasteiger partial charge in [0, 0.05) is 0 Å². The molecule has 0 unspecified atom stereocenters. The second-order valence-electron chi connectivity index (χ2n) is 9.06. The van der Waals surface area contributed by atoms with Crippen LogP contribution in [0.5, 0.6) is 51.7 Å². The third-order valence-corrected chi connectivity index (χ3v) is 10.4. The Balaban J connectivity index is 2.78. The summed E-state index contributed by atoms with van der Waals surface area (Å²) in [6.07, 6.45) is 0. The summed E-state index contributed by atoms with van der Waals surface area (Å²) in [4.78, 5) is 13.2. The van der Waals surface area contributed by atoms with Crippen LogP contribution in [0.25, 0.3) is 0 Å². The van der Waals surface area contributed by atoms with Crippen LogP contribution in [-0.2, 0) is 14.9 Å². The summed E-state index contributed by atoms with van der Waals surface area (Å²) in [5.41, 5.74) is -0.120. The van der Waals surface area contributed by atoms with Crippen LogP contribution in [0.4, 0.5) is 0 Å². The van der Waals surface area contributed by atoms with Crippen LogP contribution in [-0.4, -0.2) is 94.2 Å². The predicted octanol–water partition coefficient (Wildman–Crippen LogP) is 5.11. The van der Waals surface area contributed by atoms with Gasteiger partial charge in [-0.2, -0.15) is 0 Å². The molecule has 0 atom stereocenters. The number of methoxy groups -OCH3 is 9. The fourth-order valence-electron chi connectivity index (χ4n) is 5.15. The molecule has 44 heavy (non-hydrogen) atoms. The van der Waals surface area contributed by atoms with Crippen LogP contribution in [0.1, 0.15) is 16.7 Å². The van der Waals surface area contributed by atoms with E-state index in [1.54, 1.807) is 57.7 Å². The molecule has 0 N–H and O–H groups in total. The molecule has 0 bridgehead atoms. The minimum atomic E-state index is -1.52. The van der Waals surface area contributed by atoms with E-state index in [-0.39, 0.29) is 12.6 Å². The van der Waals surface area contributed by atoms with Crippen LogP contribution in [0.15, 0.2) is 36.4 Å². The summed E-state index contributed by atoms with van der Waals surface area (Å²) >= 11 is 1.49. The Bertz CT molecular complexity index is 1220. The summed E-state index contributed by atoms with van der Waals surface area (Å²) in [5.74, 6) is 3.25. The van der Waals surface area contributed by atoms with E-state index in [1.165, 1.54) is 42.7 Å². The molecule has 13 heteroatoms. The van der Waals surface area contributed by atoms with E-state index < -0.39 is 23.0 Å². The fraction of sp³-hybridized carbons (Fsp3) is 0.387. The molecule has 1 radical (unpaired) electrons. The monoisotopic (exact) mass is 833 g/mol. The first-order valence-electron chi connectivity index (χ1n) is 13.1. The number of ether oxygens (including phenoxy) is 10. The van der Waals surface area contributed by atoms with Gasteiger partial charge < -0.3 is 0 Å². The minimum absolute atomic E-state index is 0.254. The molecule has 3 aromatic carbocycles. The first-order valence-corrected chi connectivity index (χ1v) is 22.4. The molecule has 0 saturated carbocycles. The molecule has 11 nitrogen and oxygen atoms in total. The number of carbonyl (C=O) groups is 1. The Labute approximate surface area is 277 Å². The zero-order chi connectivity index (χ0) is 32.4. The molecular formula is C31H37IO11Sb. The Morgan fingerprint density at radius 2 is 0.818 bits per heavy atom. The van der Waals surface area contributed by atoms with Gasteiger partial charge in [0.1, 0.15) is 0 Å². The Hall–Kier alpha value is -3.12. The molecule has 0 fully saturated rings. The average molecular weight is 834 g/mol. The van der Waals surface area contributed by atoms with E-state index in [2.05, 4.69) is 18.5 Å². The van der Waals surface area contributed by atoms with Gasteiger partial charge in [-0.3, -0.25) is 0 Å². The van der Waals surface area contributed by atoms with E-state index in [0.717, 1.165) is 0 Å². The van der Waals surface area contributed by atoms with Crippen molar-refractivity contribution in [3.05, 3.63) is 53.1 Å². The molecule has 0 saturated heterocycles. The fourth-order valence-corrected chi connectivity index (χ4v) is 7.56. The molecule has 3 aromatic rings. The third-order valence-electron chi connectivity index (χ3n) is 7.06. The number of esters is 1. The van der Waals surface area contributed by atoms with Gasteiger partial charge in [-0.15, -0.1) is 0 Å². The summed E-state index contributed by atoms with van der Waals surface area (Å²) in [6, 6.07) is 10.3. The van der Waals surface area contributed by atoms with Gasteiger partial charge in [-0.1, -0.05) is 0 Å². The normalized spacial score (nSPS) is 10.9. The van der Waals surface area contributed by atoms with E-state index in [4.69, 9.17) is 47.4 Å². The molecule has 0 heterocycles. The molecule has 0 aromatic heterocycles. The number of hydrogen-bond donors (Lipinski definition) is 0. The number of halogens is 1. The SMILES string of the molecule is COc1cc(OC)c(C(COC(=O)[CH2][Sb][I])(c2c(OC)cc(OC)cc2OC)c2c(OC)cc(OC)cc2OC)c(OC)c1. The second kappa shape index (κ2) is 16.3. The second-order valence-corrected chi connectivity index (χ2v) is 15.2. The number of hydrogen-bond acceptors (Lipinski definition) is 11. The van der Waals surface area contributed by atoms with E-state index in [1.807, 2.05) is 0 Å². The zero-order valence-electron chi connectivity index (χ0n) is 26.2. The van der Waals surface area contributed by atoms with Crippen molar-refractivity contribution in [3.8, 4) is 51.7 Å². The van der Waals surface area contributed by atoms with E-state index in [9.17, 15) is 4.79 Å². The van der Waals surface area contributed by atoms with Crippen molar-refractivity contribution >= 4 is 42.1 Å². The molecule has 0 aliphatic carbocycles. The third kappa shape index (κ3) is 6.91. The van der Waals surface area contributed by atoms with Gasteiger partial charge in [0.15, 0.2) is 0 Å². The van der Waals surface area contributed by atoms with E-state index >= 15 is 0 Å². The maximum atomic E-state index is 13.2. The van der Waals surface area contributed by atoms with Crippen molar-refractivity contribution in [2.24, 2.45) is 0 Å². The van der Waals surface area contributed by atoms with Gasteiger partial charge in [0.05, 0.1) is 0 Å². The predicted molar refractivity (Wildman–Crippen MR) is 174 cm³/mol. The Kier molecular flexibility index (Phi) is 13.1. The van der Waals surface area contributed by atoms with Crippen molar-refractivity contribution in [1.82, 2.24) is 0 Å². The van der Waals surface area contributed by atoms with Crippen molar-refractivity contribution in [1.29, 1.82) is 0 Å². The number of rotatable bonds is 16. The van der Waals surface area contributed by atoms with Gasteiger partial charge in [0.2, 0.25) is 0 Å². The standard InChI is InChI=1S/C31H37O11.HI.Sb/c1-18(32)42-17-31(28-22(36-5)11-19(33-2)12-23(28)37-6,29-24(38-7)13-20(34-3)14-25(29)39-8)30-26(40-9)15-21(35-4)16-27(30)41-10;;/h11-16H,1,17H2,2-10H3;1H;/q;;+1/p-1. The molecule has 0 aliphatic heterocycles. The van der Waals surface area contributed by atoms with Crippen LogP contribution < -0.4 is 42.6 Å². The molecule has 3 rings (SSSR count). The Morgan fingerprint density at radius 1 is 0.545 bits per heavy atom. The average Bonchev–Trinajstić information content (AvgIpc) is 3.07. The first-order chi connectivity index (χ1) is 21.3. The topological polar surface area (TPSA) is 109 Å². The van der Waals surface area contributed by atoms with Crippen LogP contribution >= 0.6 is 18.5 Å².